The maximum atomic E-state index is 11.4. The lowest BCUT2D eigenvalue weighted by molar-refractivity contribution is 0.0953. The van der Waals surface area contributed by atoms with Gasteiger partial charge < -0.3 is 0 Å². The van der Waals surface area contributed by atoms with Gasteiger partial charge in [-0.05, 0) is 0 Å². The van der Waals surface area contributed by atoms with Crippen LogP contribution in [0.1, 0.15) is 15.5 Å². The molecule has 0 aliphatic carbocycles. The van der Waals surface area contributed by atoms with Gasteiger partial charge in [-0.2, -0.15) is 0 Å². The summed E-state index contributed by atoms with van der Waals surface area (Å²) < 4.78 is 1.40. The molecule has 0 unspecified atom stereocenters. The quantitative estimate of drug-likeness (QED) is 0.429. The molecule has 0 aliphatic heterocycles. The molecule has 0 aromatic carbocycles. The van der Waals surface area contributed by atoms with Gasteiger partial charge in [-0.15, -0.1) is 11.3 Å². The molecule has 3 N–H and O–H groups in total. The van der Waals surface area contributed by atoms with E-state index in [1.165, 1.54) is 34.5 Å². The Morgan fingerprint density at radius 3 is 3.12 bits per heavy atom. The number of aromatic nitrogens is 3. The Morgan fingerprint density at radius 1 is 1.59 bits per heavy atom. The van der Waals surface area contributed by atoms with E-state index in [1.54, 1.807) is 5.38 Å². The second kappa shape index (κ2) is 4.85. The van der Waals surface area contributed by atoms with Gasteiger partial charge in [0.2, 0.25) is 0 Å². The summed E-state index contributed by atoms with van der Waals surface area (Å²) in [5, 5.41) is 1.96. The first-order valence-corrected chi connectivity index (χ1v) is 5.54. The van der Waals surface area contributed by atoms with Crippen LogP contribution in [0, 0.1) is 0 Å². The summed E-state index contributed by atoms with van der Waals surface area (Å²) in [5.41, 5.74) is 2.44. The Labute approximate surface area is 99.9 Å². The number of rotatable bonds is 3. The number of nitrogens with two attached hydrogens (primary N) is 1. The molecule has 2 heterocycles. The largest absolute Gasteiger partial charge is 0.294 e. The molecule has 0 atom stereocenters. The third-order valence-corrected chi connectivity index (χ3v) is 2.89. The first kappa shape index (κ1) is 11.4. The Balaban J connectivity index is 2.20. The third kappa shape index (κ3) is 2.55. The van der Waals surface area contributed by atoms with E-state index in [1.807, 2.05) is 5.43 Å². The molecule has 0 saturated heterocycles. The van der Waals surface area contributed by atoms with E-state index in [-0.39, 0.29) is 17.1 Å². The maximum Gasteiger partial charge on any atom is 0.294 e. The molecule has 0 aliphatic rings. The van der Waals surface area contributed by atoms with E-state index in [9.17, 15) is 9.59 Å². The molecule has 2 rings (SSSR count). The number of nitrogens with zero attached hydrogens (tertiary/aromatic N) is 3. The Hall–Kier alpha value is -2.06. The van der Waals surface area contributed by atoms with E-state index in [0.29, 0.717) is 5.69 Å². The van der Waals surface area contributed by atoms with Crippen molar-refractivity contribution in [3.63, 3.8) is 0 Å². The first-order valence-electron chi connectivity index (χ1n) is 4.66. The molecular formula is C9H9N5O2S. The van der Waals surface area contributed by atoms with Crippen molar-refractivity contribution in [2.24, 2.45) is 5.84 Å². The molecule has 0 fully saturated rings. The van der Waals surface area contributed by atoms with Crippen molar-refractivity contribution in [2.75, 3.05) is 0 Å². The highest BCUT2D eigenvalue weighted by Gasteiger charge is 2.09. The molecule has 88 valence electrons. The summed E-state index contributed by atoms with van der Waals surface area (Å²) in [6.45, 7) is 0.279. The average molecular weight is 251 g/mol. The molecule has 17 heavy (non-hydrogen) atoms. The van der Waals surface area contributed by atoms with Gasteiger partial charge in [0.15, 0.2) is 5.01 Å². The monoisotopic (exact) mass is 251 g/mol. The molecule has 2 aromatic rings. The molecule has 0 bridgehead atoms. The van der Waals surface area contributed by atoms with Crippen LogP contribution < -0.4 is 16.8 Å². The fraction of sp³-hybridized carbons (Fsp3) is 0.111. The van der Waals surface area contributed by atoms with E-state index < -0.39 is 5.91 Å². The highest BCUT2D eigenvalue weighted by Crippen LogP contribution is 2.09. The maximum absolute atomic E-state index is 11.4. The number of amides is 1. The minimum absolute atomic E-state index is 0.169. The molecule has 2 aromatic heterocycles. The van der Waals surface area contributed by atoms with Gasteiger partial charge in [0.1, 0.15) is 0 Å². The van der Waals surface area contributed by atoms with Gasteiger partial charge in [-0.1, -0.05) is 0 Å². The van der Waals surface area contributed by atoms with Crippen LogP contribution in [0.4, 0.5) is 0 Å². The van der Waals surface area contributed by atoms with Crippen molar-refractivity contribution in [3.05, 3.63) is 45.0 Å². The number of nitrogens with one attached hydrogen (secondary N) is 1. The van der Waals surface area contributed by atoms with Crippen molar-refractivity contribution in [1.29, 1.82) is 0 Å². The lowest BCUT2D eigenvalue weighted by Gasteiger charge is -2.00. The van der Waals surface area contributed by atoms with Gasteiger partial charge in [0.05, 0.1) is 18.6 Å². The molecule has 0 spiro atoms. The van der Waals surface area contributed by atoms with Crippen LogP contribution in [0.2, 0.25) is 0 Å². The fourth-order valence-corrected chi connectivity index (χ4v) is 1.93. The minimum atomic E-state index is -0.445. The van der Waals surface area contributed by atoms with Crippen molar-refractivity contribution in [2.45, 2.75) is 6.54 Å². The van der Waals surface area contributed by atoms with Gasteiger partial charge in [-0.25, -0.2) is 15.8 Å². The smallest absolute Gasteiger partial charge is 0.293 e. The molecular weight excluding hydrogens is 242 g/mol. The zero-order valence-corrected chi connectivity index (χ0v) is 9.48. The summed E-state index contributed by atoms with van der Waals surface area (Å²) in [7, 11) is 0. The molecule has 0 radical (unpaired) electrons. The number of hydrogen-bond acceptors (Lipinski definition) is 6. The van der Waals surface area contributed by atoms with Crippen molar-refractivity contribution < 1.29 is 4.79 Å². The predicted molar refractivity (Wildman–Crippen MR) is 61.4 cm³/mol. The van der Waals surface area contributed by atoms with Crippen molar-refractivity contribution in [3.8, 4) is 0 Å². The standard InChI is InChI=1S/C9H9N5O2S/c10-13-8(16)9-12-6(4-17-9)3-14-5-11-2-1-7(14)15/h1-2,4-5H,3,10H2,(H,13,16). The second-order valence-electron chi connectivity index (χ2n) is 3.16. The average Bonchev–Trinajstić information content (AvgIpc) is 2.80. The van der Waals surface area contributed by atoms with E-state index in [2.05, 4.69) is 9.97 Å². The zero-order chi connectivity index (χ0) is 12.3. The SMILES string of the molecule is NNC(=O)c1nc(Cn2cnccc2=O)cs1. The van der Waals surface area contributed by atoms with Crippen LogP contribution in [0.25, 0.3) is 0 Å². The number of hydrogen-bond donors (Lipinski definition) is 2. The Morgan fingerprint density at radius 2 is 2.41 bits per heavy atom. The molecule has 1 amide bonds. The third-order valence-electron chi connectivity index (χ3n) is 2.00. The van der Waals surface area contributed by atoms with Crippen molar-refractivity contribution >= 4 is 17.2 Å². The highest BCUT2D eigenvalue weighted by atomic mass is 32.1. The summed E-state index contributed by atoms with van der Waals surface area (Å²) >= 11 is 1.17. The Kier molecular flexibility index (Phi) is 3.26. The molecule has 8 heteroatoms. The van der Waals surface area contributed by atoms with Crippen LogP contribution in [0.5, 0.6) is 0 Å². The van der Waals surface area contributed by atoms with Gasteiger partial charge >= 0.3 is 0 Å². The summed E-state index contributed by atoms with van der Waals surface area (Å²) in [6, 6.07) is 1.36. The van der Waals surface area contributed by atoms with Gasteiger partial charge in [0, 0.05) is 17.6 Å². The summed E-state index contributed by atoms with van der Waals surface area (Å²) in [6.07, 6.45) is 2.84. The normalized spacial score (nSPS) is 10.2. The topological polar surface area (TPSA) is 103 Å². The van der Waals surface area contributed by atoms with Crippen LogP contribution in [-0.4, -0.2) is 20.4 Å². The van der Waals surface area contributed by atoms with Crippen LogP contribution in [0.3, 0.4) is 0 Å². The number of nitrogen functional groups attached to an aromatic ring is 1. The first-order chi connectivity index (χ1) is 8.20. The number of thiazole rings is 1. The minimum Gasteiger partial charge on any atom is -0.293 e. The number of carbonyl (C=O) groups is 1. The van der Waals surface area contributed by atoms with E-state index >= 15 is 0 Å². The van der Waals surface area contributed by atoms with E-state index in [4.69, 9.17) is 5.84 Å². The lowest BCUT2D eigenvalue weighted by Crippen LogP contribution is -2.29. The summed E-state index contributed by atoms with van der Waals surface area (Å²) in [5.74, 6) is 4.55. The van der Waals surface area contributed by atoms with Gasteiger partial charge in [0.25, 0.3) is 11.5 Å². The molecule has 0 saturated carbocycles. The number of hydrazine groups is 1. The lowest BCUT2D eigenvalue weighted by atomic mass is 10.4. The fourth-order valence-electron chi connectivity index (χ4n) is 1.22. The van der Waals surface area contributed by atoms with E-state index in [0.717, 1.165) is 0 Å². The summed E-state index contributed by atoms with van der Waals surface area (Å²) in [4.78, 5) is 30.5. The second-order valence-corrected chi connectivity index (χ2v) is 4.02. The van der Waals surface area contributed by atoms with Gasteiger partial charge in [-0.3, -0.25) is 19.6 Å². The molecule has 7 nitrogen and oxygen atoms in total. The zero-order valence-electron chi connectivity index (χ0n) is 8.66. The van der Waals surface area contributed by atoms with Crippen LogP contribution in [0.15, 0.2) is 28.8 Å². The Bertz CT molecular complexity index is 591. The number of carbonyl (C=O) groups excluding carboxylic acids is 1. The predicted octanol–water partition coefficient (Wildman–Crippen LogP) is -0.648. The highest BCUT2D eigenvalue weighted by molar-refractivity contribution is 7.11. The van der Waals surface area contributed by atoms with Crippen LogP contribution in [-0.2, 0) is 6.54 Å². The van der Waals surface area contributed by atoms with Crippen LogP contribution >= 0.6 is 11.3 Å². The van der Waals surface area contributed by atoms with Crippen molar-refractivity contribution in [1.82, 2.24) is 20.0 Å².